The number of hydrogen-bond acceptors (Lipinski definition) is 1. The first-order valence-electron chi connectivity index (χ1n) is 4.71. The molecule has 0 heterocycles. The Bertz CT molecular complexity index is 117. The van der Waals surface area contributed by atoms with Crippen molar-refractivity contribution in [2.75, 3.05) is 12.5 Å². The summed E-state index contributed by atoms with van der Waals surface area (Å²) in [6.45, 7) is 9.74. The molecule has 0 bridgehead atoms. The van der Waals surface area contributed by atoms with Crippen LogP contribution in [0.15, 0.2) is 0 Å². The molecule has 74 valence electrons. The van der Waals surface area contributed by atoms with Gasteiger partial charge in [-0.25, -0.2) is 0 Å². The van der Waals surface area contributed by atoms with E-state index in [9.17, 15) is 0 Å². The summed E-state index contributed by atoms with van der Waals surface area (Å²) in [4.78, 5) is 0. The van der Waals surface area contributed by atoms with Crippen LogP contribution in [0.3, 0.4) is 0 Å². The summed E-state index contributed by atoms with van der Waals surface area (Å²) < 4.78 is 5.74. The van der Waals surface area contributed by atoms with Gasteiger partial charge in [0, 0.05) is 12.5 Å². The molecule has 0 N–H and O–H groups in total. The van der Waals surface area contributed by atoms with E-state index < -0.39 is 8.32 Å². The van der Waals surface area contributed by atoms with E-state index in [4.69, 9.17) is 16.0 Å². The third kappa shape index (κ3) is 6.04. The molecule has 12 heavy (non-hydrogen) atoms. The molecule has 0 aliphatic heterocycles. The second-order valence-corrected chi connectivity index (χ2v) is 8.57. The molecule has 3 heteroatoms. The molecule has 0 aromatic rings. The number of halogens is 1. The number of hydrogen-bond donors (Lipinski definition) is 0. The highest BCUT2D eigenvalue weighted by atomic mass is 35.5. The Labute approximate surface area is 82.6 Å². The van der Waals surface area contributed by atoms with Gasteiger partial charge in [0.05, 0.1) is 0 Å². The zero-order chi connectivity index (χ0) is 9.61. The van der Waals surface area contributed by atoms with Crippen LogP contribution in [0.1, 0.15) is 20.3 Å². The first-order valence-corrected chi connectivity index (χ1v) is 8.36. The molecule has 1 nitrogen and oxygen atoms in total. The fourth-order valence-electron chi connectivity index (χ4n) is 1.58. The summed E-state index contributed by atoms with van der Waals surface area (Å²) in [5, 5.41) is 0. The first-order chi connectivity index (χ1) is 5.52. The maximum absolute atomic E-state index is 5.74. The van der Waals surface area contributed by atoms with Gasteiger partial charge >= 0.3 is 0 Å². The largest absolute Gasteiger partial charge is 0.418 e. The minimum absolute atomic E-state index is 0.718. The van der Waals surface area contributed by atoms with Crippen LogP contribution in [0.4, 0.5) is 0 Å². The summed E-state index contributed by atoms with van der Waals surface area (Å²) in [6, 6.07) is 1.23. The highest BCUT2D eigenvalue weighted by molar-refractivity contribution is 6.71. The maximum Gasteiger partial charge on any atom is 0.186 e. The maximum atomic E-state index is 5.74. The van der Waals surface area contributed by atoms with E-state index in [1.54, 1.807) is 0 Å². The Hall–Kier alpha value is 0.467. The zero-order valence-electron chi connectivity index (χ0n) is 8.69. The molecule has 0 radical (unpaired) electrons. The molecule has 0 spiro atoms. The molecule has 0 aliphatic carbocycles. The lowest BCUT2D eigenvalue weighted by Gasteiger charge is -2.25. The molecule has 0 rings (SSSR count). The third-order valence-electron chi connectivity index (χ3n) is 1.98. The van der Waals surface area contributed by atoms with Crippen LogP contribution in [0.5, 0.6) is 0 Å². The Morgan fingerprint density at radius 2 is 2.00 bits per heavy atom. The molecule has 0 fully saturated rings. The van der Waals surface area contributed by atoms with Crippen molar-refractivity contribution >= 4 is 19.9 Å². The van der Waals surface area contributed by atoms with Gasteiger partial charge in [0.15, 0.2) is 8.32 Å². The van der Waals surface area contributed by atoms with Crippen molar-refractivity contribution in [1.82, 2.24) is 0 Å². The van der Waals surface area contributed by atoms with Crippen molar-refractivity contribution in [2.45, 2.75) is 39.4 Å². The molecular formula is C9H21ClOSi. The highest BCUT2D eigenvalue weighted by Crippen LogP contribution is 2.20. The molecule has 0 aromatic carbocycles. The van der Waals surface area contributed by atoms with Gasteiger partial charge in [-0.05, 0) is 38.4 Å². The number of rotatable bonds is 6. The molecule has 0 saturated heterocycles. The lowest BCUT2D eigenvalue weighted by molar-refractivity contribution is 0.322. The van der Waals surface area contributed by atoms with Gasteiger partial charge in [-0.2, -0.15) is 0 Å². The van der Waals surface area contributed by atoms with E-state index in [1.807, 2.05) is 0 Å². The van der Waals surface area contributed by atoms with Gasteiger partial charge in [-0.1, -0.05) is 6.92 Å². The first kappa shape index (κ1) is 12.5. The average Bonchev–Trinajstić information content (AvgIpc) is 1.85. The average molecular weight is 209 g/mol. The summed E-state index contributed by atoms with van der Waals surface area (Å²) in [6.07, 6.45) is 1.12. The molecule has 1 unspecified atom stereocenters. The SMILES string of the molecule is CCO[Si](C)(C)CC(C)CCCl. The van der Waals surface area contributed by atoms with Crippen molar-refractivity contribution in [3.63, 3.8) is 0 Å². The van der Waals surface area contributed by atoms with Crippen LogP contribution in [0.25, 0.3) is 0 Å². The Kier molecular flexibility index (Phi) is 6.24. The zero-order valence-corrected chi connectivity index (χ0v) is 10.4. The van der Waals surface area contributed by atoms with Gasteiger partial charge in [0.2, 0.25) is 0 Å². The predicted molar refractivity (Wildman–Crippen MR) is 58.4 cm³/mol. The van der Waals surface area contributed by atoms with Crippen LogP contribution in [-0.4, -0.2) is 20.8 Å². The van der Waals surface area contributed by atoms with Gasteiger partial charge in [0.25, 0.3) is 0 Å². The number of alkyl halides is 1. The van der Waals surface area contributed by atoms with E-state index in [0.717, 1.165) is 24.8 Å². The lowest BCUT2D eigenvalue weighted by atomic mass is 10.2. The Morgan fingerprint density at radius 1 is 1.42 bits per heavy atom. The standard InChI is InChI=1S/C9H21ClOSi/c1-5-11-12(3,4)8-9(2)6-7-10/h9H,5-8H2,1-4H3. The summed E-state index contributed by atoms with van der Waals surface area (Å²) in [5.41, 5.74) is 0. The van der Waals surface area contributed by atoms with Gasteiger partial charge in [-0.15, -0.1) is 11.6 Å². The van der Waals surface area contributed by atoms with Crippen molar-refractivity contribution in [2.24, 2.45) is 5.92 Å². The van der Waals surface area contributed by atoms with Crippen LogP contribution in [0.2, 0.25) is 19.1 Å². The van der Waals surface area contributed by atoms with E-state index in [1.165, 1.54) is 6.04 Å². The highest BCUT2D eigenvalue weighted by Gasteiger charge is 2.24. The van der Waals surface area contributed by atoms with E-state index in [2.05, 4.69) is 26.9 Å². The van der Waals surface area contributed by atoms with Crippen molar-refractivity contribution < 1.29 is 4.43 Å². The van der Waals surface area contributed by atoms with Crippen molar-refractivity contribution in [3.8, 4) is 0 Å². The van der Waals surface area contributed by atoms with Crippen molar-refractivity contribution in [1.29, 1.82) is 0 Å². The van der Waals surface area contributed by atoms with Gasteiger partial charge in [-0.3, -0.25) is 0 Å². The Morgan fingerprint density at radius 3 is 2.42 bits per heavy atom. The quantitative estimate of drug-likeness (QED) is 0.480. The van der Waals surface area contributed by atoms with Crippen LogP contribution >= 0.6 is 11.6 Å². The summed E-state index contributed by atoms with van der Waals surface area (Å²) >= 11 is 5.68. The van der Waals surface area contributed by atoms with Crippen molar-refractivity contribution in [3.05, 3.63) is 0 Å². The van der Waals surface area contributed by atoms with E-state index >= 15 is 0 Å². The lowest BCUT2D eigenvalue weighted by Crippen LogP contribution is -2.32. The molecule has 0 saturated carbocycles. The molecule has 1 atom stereocenters. The van der Waals surface area contributed by atoms with Crippen LogP contribution in [-0.2, 0) is 4.43 Å². The minimum atomic E-state index is -1.36. The smallest absolute Gasteiger partial charge is 0.186 e. The van der Waals surface area contributed by atoms with E-state index in [0.29, 0.717) is 0 Å². The molecule has 0 aliphatic rings. The van der Waals surface area contributed by atoms with Crippen LogP contribution < -0.4 is 0 Å². The van der Waals surface area contributed by atoms with Gasteiger partial charge in [0.1, 0.15) is 0 Å². The Balaban J connectivity index is 3.70. The van der Waals surface area contributed by atoms with Gasteiger partial charge < -0.3 is 4.43 Å². The normalized spacial score (nSPS) is 14.8. The molecule has 0 amide bonds. The summed E-state index contributed by atoms with van der Waals surface area (Å²) in [5.74, 6) is 1.49. The summed E-state index contributed by atoms with van der Waals surface area (Å²) in [7, 11) is -1.36. The molecule has 0 aromatic heterocycles. The predicted octanol–water partition coefficient (Wildman–Crippen LogP) is 3.49. The second-order valence-electron chi connectivity index (χ2n) is 3.98. The minimum Gasteiger partial charge on any atom is -0.418 e. The topological polar surface area (TPSA) is 9.23 Å². The fourth-order valence-corrected chi connectivity index (χ4v) is 4.73. The second kappa shape index (κ2) is 6.00. The monoisotopic (exact) mass is 208 g/mol. The van der Waals surface area contributed by atoms with E-state index in [-0.39, 0.29) is 0 Å². The van der Waals surface area contributed by atoms with Crippen LogP contribution in [0, 0.1) is 5.92 Å². The third-order valence-corrected chi connectivity index (χ3v) is 4.95. The molecular weight excluding hydrogens is 188 g/mol. The fraction of sp³-hybridized carbons (Fsp3) is 1.00.